The monoisotopic (exact) mass is 154 g/mol. The predicted octanol–water partition coefficient (Wildman–Crippen LogP) is 0.900. The lowest BCUT2D eigenvalue weighted by Crippen LogP contribution is -2.27. The largest absolute Gasteiger partial charge is 0.333 e. The fourth-order valence-corrected chi connectivity index (χ4v) is 0. The molecule has 0 fully saturated rings. The molecule has 0 radical (unpaired) electrons. The van der Waals surface area contributed by atoms with Crippen LogP contribution >= 0.6 is 17.0 Å². The molecule has 0 saturated carbocycles. The second kappa shape index (κ2) is 2.59. The van der Waals surface area contributed by atoms with Gasteiger partial charge in [-0.2, -0.15) is 0 Å². The first-order chi connectivity index (χ1) is 2.00. The van der Waals surface area contributed by atoms with Gasteiger partial charge in [0.1, 0.15) is 0 Å². The molecule has 2 heteroatoms. The Bertz CT molecular complexity index is 23.0. The van der Waals surface area contributed by atoms with E-state index < -0.39 is 0 Å². The van der Waals surface area contributed by atoms with Gasteiger partial charge in [0, 0.05) is 0 Å². The molecule has 0 saturated heterocycles. The van der Waals surface area contributed by atoms with Gasteiger partial charge in [-0.05, 0) is 0 Å². The van der Waals surface area contributed by atoms with E-state index in [-0.39, 0.29) is 17.0 Å². The van der Waals surface area contributed by atoms with Gasteiger partial charge in [-0.3, -0.25) is 0 Å². The van der Waals surface area contributed by atoms with Crippen LogP contribution in [0.15, 0.2) is 0 Å². The minimum Gasteiger partial charge on any atom is -0.333 e. The van der Waals surface area contributed by atoms with Crippen LogP contribution in [-0.2, 0) is 0 Å². The van der Waals surface area contributed by atoms with Gasteiger partial charge >= 0.3 is 0 Å². The highest BCUT2D eigenvalue weighted by Crippen LogP contribution is 1.73. The molecule has 0 bridgehead atoms. The SMILES string of the molecule is Br.C[N+](C)(C)C. The van der Waals surface area contributed by atoms with Gasteiger partial charge < -0.3 is 4.48 Å². The maximum atomic E-state index is 2.12. The van der Waals surface area contributed by atoms with Crippen molar-refractivity contribution in [1.82, 2.24) is 0 Å². The second-order valence-electron chi connectivity index (χ2n) is 2.68. The van der Waals surface area contributed by atoms with Gasteiger partial charge in [0.05, 0.1) is 28.2 Å². The molecule has 0 spiro atoms. The number of nitrogens with zero attached hydrogens (tertiary/aromatic N) is 1. The third-order valence-electron chi connectivity index (χ3n) is 0. The first kappa shape index (κ1) is 9.67. The summed E-state index contributed by atoms with van der Waals surface area (Å²) < 4.78 is 1.00. The summed E-state index contributed by atoms with van der Waals surface area (Å²) in [5.74, 6) is 0. The van der Waals surface area contributed by atoms with Gasteiger partial charge in [0.15, 0.2) is 0 Å². The zero-order valence-corrected chi connectivity index (χ0v) is 6.57. The Morgan fingerprint density at radius 1 is 0.833 bits per heavy atom. The van der Waals surface area contributed by atoms with Crippen molar-refractivity contribution in [2.24, 2.45) is 0 Å². The van der Waals surface area contributed by atoms with Crippen molar-refractivity contribution in [2.45, 2.75) is 0 Å². The Labute approximate surface area is 50.3 Å². The van der Waals surface area contributed by atoms with Gasteiger partial charge in [-0.1, -0.05) is 0 Å². The number of halogens is 1. The quantitative estimate of drug-likeness (QED) is 0.456. The number of rotatable bonds is 0. The normalized spacial score (nSPS) is 10.0. The van der Waals surface area contributed by atoms with E-state index in [1.54, 1.807) is 0 Å². The highest BCUT2D eigenvalue weighted by atomic mass is 79.9. The Kier molecular flexibility index (Phi) is 4.17. The van der Waals surface area contributed by atoms with Gasteiger partial charge in [0.2, 0.25) is 0 Å². The summed E-state index contributed by atoms with van der Waals surface area (Å²) in [6, 6.07) is 0. The fourth-order valence-electron chi connectivity index (χ4n) is 0. The van der Waals surface area contributed by atoms with E-state index in [4.69, 9.17) is 0 Å². The summed E-state index contributed by atoms with van der Waals surface area (Å²) in [5, 5.41) is 0. The molecule has 0 aliphatic carbocycles. The van der Waals surface area contributed by atoms with Crippen molar-refractivity contribution in [3.05, 3.63) is 0 Å². The van der Waals surface area contributed by atoms with Crippen LogP contribution < -0.4 is 0 Å². The molecule has 6 heavy (non-hydrogen) atoms. The van der Waals surface area contributed by atoms with Crippen molar-refractivity contribution in [2.75, 3.05) is 28.2 Å². The molecule has 0 aromatic heterocycles. The van der Waals surface area contributed by atoms with E-state index in [0.29, 0.717) is 0 Å². The molecule has 0 aliphatic heterocycles. The predicted molar refractivity (Wildman–Crippen MR) is 34.3 cm³/mol. The Morgan fingerprint density at radius 2 is 0.833 bits per heavy atom. The van der Waals surface area contributed by atoms with E-state index in [1.807, 2.05) is 0 Å². The van der Waals surface area contributed by atoms with Crippen LogP contribution in [0.3, 0.4) is 0 Å². The van der Waals surface area contributed by atoms with Gasteiger partial charge in [-0.15, -0.1) is 17.0 Å². The minimum atomic E-state index is 0. The average Bonchev–Trinajstić information content (AvgIpc) is 0.722. The summed E-state index contributed by atoms with van der Waals surface area (Å²) in [5.41, 5.74) is 0. The molecule has 0 rings (SSSR count). The van der Waals surface area contributed by atoms with E-state index in [9.17, 15) is 0 Å². The molecule has 40 valence electrons. The smallest absolute Gasteiger partial charge is 0.0675 e. The lowest BCUT2D eigenvalue weighted by Gasteiger charge is -2.14. The fraction of sp³-hybridized carbons (Fsp3) is 1.00. The van der Waals surface area contributed by atoms with Crippen LogP contribution in [0.25, 0.3) is 0 Å². The molecule has 0 atom stereocenters. The Morgan fingerprint density at radius 3 is 0.833 bits per heavy atom. The summed E-state index contributed by atoms with van der Waals surface area (Å²) in [4.78, 5) is 0. The van der Waals surface area contributed by atoms with Crippen LogP contribution in [0.2, 0.25) is 0 Å². The minimum absolute atomic E-state index is 0. The Balaban J connectivity index is 0. The molecule has 0 aromatic carbocycles. The molecular formula is C4H13BrN+. The highest BCUT2D eigenvalue weighted by molar-refractivity contribution is 8.93. The zero-order valence-electron chi connectivity index (χ0n) is 4.86. The van der Waals surface area contributed by atoms with Gasteiger partial charge in [0.25, 0.3) is 0 Å². The van der Waals surface area contributed by atoms with E-state index in [0.717, 1.165) is 4.48 Å². The van der Waals surface area contributed by atoms with Crippen LogP contribution in [0.5, 0.6) is 0 Å². The van der Waals surface area contributed by atoms with Crippen LogP contribution in [-0.4, -0.2) is 32.7 Å². The molecule has 0 heterocycles. The van der Waals surface area contributed by atoms with Crippen LogP contribution in [0.1, 0.15) is 0 Å². The molecule has 0 unspecified atom stereocenters. The van der Waals surface area contributed by atoms with Crippen LogP contribution in [0, 0.1) is 0 Å². The van der Waals surface area contributed by atoms with Crippen LogP contribution in [0.4, 0.5) is 0 Å². The molecule has 0 N–H and O–H groups in total. The summed E-state index contributed by atoms with van der Waals surface area (Å²) in [6.07, 6.45) is 0. The van der Waals surface area contributed by atoms with Crippen molar-refractivity contribution in [1.29, 1.82) is 0 Å². The maximum absolute atomic E-state index is 2.12. The molecule has 0 aromatic rings. The molecule has 0 amide bonds. The lowest BCUT2D eigenvalue weighted by molar-refractivity contribution is -0.849. The van der Waals surface area contributed by atoms with E-state index in [2.05, 4.69) is 28.2 Å². The van der Waals surface area contributed by atoms with Crippen molar-refractivity contribution < 1.29 is 4.48 Å². The van der Waals surface area contributed by atoms with Crippen molar-refractivity contribution >= 4 is 17.0 Å². The van der Waals surface area contributed by atoms with Crippen molar-refractivity contribution in [3.63, 3.8) is 0 Å². The lowest BCUT2D eigenvalue weighted by atomic mass is 10.8. The number of quaternary nitrogens is 1. The topological polar surface area (TPSA) is 0 Å². The third kappa shape index (κ3) is 271. The molecule has 0 aliphatic rings. The first-order valence-electron chi connectivity index (χ1n) is 1.79. The zero-order chi connectivity index (χ0) is 4.50. The Hall–Kier alpha value is 0.440. The first-order valence-corrected chi connectivity index (χ1v) is 1.79. The molecule has 1 nitrogen and oxygen atoms in total. The standard InChI is InChI=1S/C4H12N.BrH/c1-5(2,3)4;/h1-4H3;1H/q+1;. The van der Waals surface area contributed by atoms with Crippen molar-refractivity contribution in [3.8, 4) is 0 Å². The number of hydrogen-bond donors (Lipinski definition) is 0. The maximum Gasteiger partial charge on any atom is 0.0675 e. The second-order valence-corrected chi connectivity index (χ2v) is 2.68. The average molecular weight is 155 g/mol. The summed E-state index contributed by atoms with van der Waals surface area (Å²) in [7, 11) is 8.50. The summed E-state index contributed by atoms with van der Waals surface area (Å²) >= 11 is 0. The molecular weight excluding hydrogens is 142 g/mol. The highest BCUT2D eigenvalue weighted by Gasteiger charge is 1.88. The third-order valence-corrected chi connectivity index (χ3v) is 0. The van der Waals surface area contributed by atoms with E-state index >= 15 is 0 Å². The van der Waals surface area contributed by atoms with E-state index in [1.165, 1.54) is 0 Å². The van der Waals surface area contributed by atoms with Gasteiger partial charge in [-0.25, -0.2) is 0 Å². The number of hydrogen-bond acceptors (Lipinski definition) is 0. The summed E-state index contributed by atoms with van der Waals surface area (Å²) in [6.45, 7) is 0.